The molecule has 7 nitrogen and oxygen atoms in total. The molecule has 8 heteroatoms. The maximum absolute atomic E-state index is 9.59. The minimum absolute atomic E-state index is 0.0861. The molecule has 6 heterocycles. The first kappa shape index (κ1) is 31.6. The summed E-state index contributed by atoms with van der Waals surface area (Å²) >= 11 is 1.74. The van der Waals surface area contributed by atoms with Crippen LogP contribution in [-0.4, -0.2) is 33.2 Å². The van der Waals surface area contributed by atoms with Crippen LogP contribution in [0.5, 0.6) is 0 Å². The van der Waals surface area contributed by atoms with Gasteiger partial charge in [0.15, 0.2) is 5.82 Å². The van der Waals surface area contributed by atoms with Crippen LogP contribution < -0.4 is 0 Å². The Bertz CT molecular complexity index is 5220. The monoisotopic (exact) mass is 931 g/mol. The van der Waals surface area contributed by atoms with Gasteiger partial charge >= 0.3 is 0 Å². The van der Waals surface area contributed by atoms with Crippen LogP contribution in [0, 0.1) is 0 Å². The van der Waals surface area contributed by atoms with Gasteiger partial charge in [0.05, 0.1) is 72.0 Å². The predicted molar refractivity (Wildman–Crippen MR) is 296 cm³/mol. The lowest BCUT2D eigenvalue weighted by Gasteiger charge is -2.20. The lowest BCUT2D eigenvalue weighted by molar-refractivity contribution is 0.891. The van der Waals surface area contributed by atoms with Gasteiger partial charge in [-0.15, -0.1) is 11.3 Å². The number of fused-ring (bicyclic) bond motifs is 16. The van der Waals surface area contributed by atoms with E-state index < -0.39 is 48.3 Å². The first-order chi connectivity index (χ1) is 38.6. The molecule has 0 saturated carbocycles. The van der Waals surface area contributed by atoms with Crippen LogP contribution >= 0.6 is 11.3 Å². The molecule has 10 aromatic carbocycles. The zero-order chi connectivity index (χ0) is 53.3. The fourth-order valence-corrected chi connectivity index (χ4v) is 12.4. The van der Waals surface area contributed by atoms with E-state index in [1.807, 2.05) is 83.4 Å². The highest BCUT2D eigenvalue weighted by Gasteiger charge is 2.28. The first-order valence-electron chi connectivity index (χ1n) is 27.3. The van der Waals surface area contributed by atoms with Crippen LogP contribution in [0.2, 0.25) is 0 Å². The van der Waals surface area contributed by atoms with Crippen LogP contribution in [0.25, 0.3) is 142 Å². The number of aromatic nitrogens is 7. The molecule has 0 aliphatic carbocycles. The van der Waals surface area contributed by atoms with E-state index in [2.05, 4.69) is 106 Å². The highest BCUT2D eigenvalue weighted by molar-refractivity contribution is 7.26. The fraction of sp³-hybridized carbons (Fsp3) is 0. The minimum atomic E-state index is -0.550. The highest BCUT2D eigenvalue weighted by Crippen LogP contribution is 2.46. The molecule has 0 fully saturated rings. The molecule has 71 heavy (non-hydrogen) atoms. The molecule has 330 valence electrons. The molecule has 6 aromatic heterocycles. The molecule has 16 rings (SSSR count). The van der Waals surface area contributed by atoms with E-state index in [9.17, 15) is 5.48 Å². The van der Waals surface area contributed by atoms with Crippen molar-refractivity contribution in [1.82, 2.24) is 33.2 Å². The Labute approximate surface area is 420 Å². The summed E-state index contributed by atoms with van der Waals surface area (Å²) in [6.07, 6.45) is 0. The molecule has 0 atom stereocenters. The van der Waals surface area contributed by atoms with E-state index >= 15 is 0 Å². The van der Waals surface area contributed by atoms with Gasteiger partial charge in [-0.3, -0.25) is 9.13 Å². The summed E-state index contributed by atoms with van der Waals surface area (Å²) in [5.74, 6) is 0.207. The van der Waals surface area contributed by atoms with Crippen LogP contribution in [-0.2, 0) is 0 Å². The normalized spacial score (nSPS) is 13.8. The van der Waals surface area contributed by atoms with Gasteiger partial charge in [-0.2, -0.15) is 15.0 Å². The Morgan fingerprint density at radius 3 is 1.32 bits per heavy atom. The second-order valence-electron chi connectivity index (χ2n) is 17.7. The van der Waals surface area contributed by atoms with Gasteiger partial charge in [-0.1, -0.05) is 158 Å². The van der Waals surface area contributed by atoms with Crippen molar-refractivity contribution in [2.75, 3.05) is 0 Å². The van der Waals surface area contributed by atoms with Gasteiger partial charge in [0.1, 0.15) is 0 Å². The number of rotatable bonds is 5. The summed E-state index contributed by atoms with van der Waals surface area (Å²) in [5.41, 5.74) is 7.17. The van der Waals surface area contributed by atoms with E-state index in [0.717, 1.165) is 97.0 Å². The predicted octanol–water partition coefficient (Wildman–Crippen LogP) is 16.3. The zero-order valence-electron chi connectivity index (χ0n) is 45.3. The van der Waals surface area contributed by atoms with E-state index in [-0.39, 0.29) is 39.5 Å². The fourth-order valence-electron chi connectivity index (χ4n) is 11.3. The molecule has 0 radical (unpaired) electrons. The van der Waals surface area contributed by atoms with Crippen molar-refractivity contribution in [2.24, 2.45) is 0 Å². The largest absolute Gasteiger partial charge is 0.308 e. The third kappa shape index (κ3) is 5.34. The Morgan fingerprint density at radius 1 is 0.324 bits per heavy atom. The standard InChI is InChI=1S/C63H37N7S/c1-9-26-47-38(18-1)39-19-2-10-27-48(39)67(47)54-33-17-34-55(68-49-28-11-7-24-44(49)45-36-37-57-58(60(45)68)46-25-8-16-35-56(46)71-57)59(54)61-64-62(69-50-29-12-3-20-40(50)41-21-4-13-30-51(41)69)66-63(65-61)70-52-31-14-5-22-42(52)43-23-6-15-32-53(43)70/h1-37H/i3D,4D,12D,13D,20D,21D,29D,30D. The molecular weight excluding hydrogens is 887 g/mol. The molecule has 0 spiro atoms. The van der Waals surface area contributed by atoms with Gasteiger partial charge < -0.3 is 9.13 Å². The first-order valence-corrected chi connectivity index (χ1v) is 24.1. The van der Waals surface area contributed by atoms with Gasteiger partial charge in [0.2, 0.25) is 11.9 Å². The third-order valence-electron chi connectivity index (χ3n) is 14.1. The molecule has 0 aliphatic rings. The maximum Gasteiger partial charge on any atom is 0.240 e. The van der Waals surface area contributed by atoms with E-state index in [0.29, 0.717) is 5.56 Å². The van der Waals surface area contributed by atoms with Gasteiger partial charge in [-0.25, -0.2) is 0 Å². The van der Waals surface area contributed by atoms with Crippen molar-refractivity contribution < 1.29 is 11.0 Å². The van der Waals surface area contributed by atoms with E-state index in [1.54, 1.807) is 11.3 Å². The quantitative estimate of drug-likeness (QED) is 0.173. The van der Waals surface area contributed by atoms with Crippen molar-refractivity contribution in [3.63, 3.8) is 0 Å². The number of thiophene rings is 1. The molecule has 0 saturated heterocycles. The van der Waals surface area contributed by atoms with E-state index in [1.165, 1.54) is 4.57 Å². The second kappa shape index (κ2) is 14.6. The number of nitrogens with zero attached hydrogens (tertiary/aromatic N) is 7. The van der Waals surface area contributed by atoms with Crippen LogP contribution in [0.3, 0.4) is 0 Å². The summed E-state index contributed by atoms with van der Waals surface area (Å²) in [5, 5.41) is 8.08. The van der Waals surface area contributed by atoms with Gasteiger partial charge in [-0.05, 0) is 66.7 Å². The molecular formula is C63H37N7S. The smallest absolute Gasteiger partial charge is 0.240 e. The number of para-hydroxylation sites is 7. The van der Waals surface area contributed by atoms with Crippen molar-refractivity contribution >= 4 is 119 Å². The van der Waals surface area contributed by atoms with Crippen molar-refractivity contribution in [3.05, 3.63) is 224 Å². The molecule has 0 amide bonds. The average molecular weight is 932 g/mol. The summed E-state index contributed by atoms with van der Waals surface area (Å²) in [6, 6.07) is 56.0. The minimum Gasteiger partial charge on any atom is -0.308 e. The van der Waals surface area contributed by atoms with Crippen LogP contribution in [0.1, 0.15) is 11.0 Å². The van der Waals surface area contributed by atoms with Gasteiger partial charge in [0.25, 0.3) is 0 Å². The van der Waals surface area contributed by atoms with E-state index in [4.69, 9.17) is 20.4 Å². The number of benzene rings is 10. The van der Waals surface area contributed by atoms with Crippen molar-refractivity contribution in [1.29, 1.82) is 0 Å². The SMILES string of the molecule is [2H]c1c([2H])c([2H])c2c(c1[2H])c1c([2H])c([2H])c([2H])c([2H])c1n2-c1nc(-c2c(-n3c4ccccc4c4ccccc43)cccc2-n2c3ccccc3c3ccc4sc5ccccc5c4c32)nc(-n2c3ccccc3c3ccccc32)n1. The Hall–Kier alpha value is -9.37. The maximum atomic E-state index is 9.59. The molecule has 16 aromatic rings. The summed E-state index contributed by atoms with van der Waals surface area (Å²) in [4.78, 5) is 16.5. The van der Waals surface area contributed by atoms with Crippen LogP contribution in [0.15, 0.2) is 224 Å². The number of hydrogen-bond acceptors (Lipinski definition) is 4. The third-order valence-corrected chi connectivity index (χ3v) is 15.2. The molecule has 0 unspecified atom stereocenters. The van der Waals surface area contributed by atoms with Crippen LogP contribution in [0.4, 0.5) is 0 Å². The zero-order valence-corrected chi connectivity index (χ0v) is 38.1. The lowest BCUT2D eigenvalue weighted by Crippen LogP contribution is -2.12. The molecule has 0 N–H and O–H groups in total. The molecule has 0 aliphatic heterocycles. The summed E-state index contributed by atoms with van der Waals surface area (Å²) < 4.78 is 83.8. The highest BCUT2D eigenvalue weighted by atomic mass is 32.1. The lowest BCUT2D eigenvalue weighted by atomic mass is 10.1. The second-order valence-corrected chi connectivity index (χ2v) is 18.8. The van der Waals surface area contributed by atoms with Crippen molar-refractivity contribution in [3.8, 4) is 34.7 Å². The topological polar surface area (TPSA) is 58.4 Å². The Kier molecular flexibility index (Phi) is 6.49. The summed E-state index contributed by atoms with van der Waals surface area (Å²) in [6.45, 7) is 0. The average Bonchev–Trinajstić information content (AvgIpc) is 3.68. The Balaban J connectivity index is 1.15. The molecule has 0 bridgehead atoms. The summed E-state index contributed by atoms with van der Waals surface area (Å²) in [7, 11) is 0. The number of hydrogen-bond donors (Lipinski definition) is 0. The van der Waals surface area contributed by atoms with Gasteiger partial charge in [0, 0.05) is 63.3 Å². The Morgan fingerprint density at radius 2 is 0.761 bits per heavy atom. The van der Waals surface area contributed by atoms with Crippen molar-refractivity contribution in [2.45, 2.75) is 0 Å².